The first kappa shape index (κ1) is 32.6. The van der Waals surface area contributed by atoms with Crippen LogP contribution in [0.25, 0.3) is 0 Å². The van der Waals surface area contributed by atoms with Crippen molar-refractivity contribution in [2.75, 3.05) is 44.5 Å². The number of rotatable bonds is 9. The molecule has 236 valence electrons. The van der Waals surface area contributed by atoms with Crippen LogP contribution >= 0.6 is 0 Å². The molecule has 0 fully saturated rings. The van der Waals surface area contributed by atoms with Crippen molar-refractivity contribution < 1.29 is 37.3 Å². The number of nitrogens with zero attached hydrogens (tertiary/aromatic N) is 2. The number of alkyl halides is 3. The molecule has 4 rings (SSSR count). The number of aliphatic hydroxyl groups excluding tert-OH is 1. The molecule has 0 saturated heterocycles. The maximum atomic E-state index is 13.7. The minimum absolute atomic E-state index is 0.154. The maximum Gasteiger partial charge on any atom is 0.416 e. The molecule has 1 aliphatic heterocycles. The third kappa shape index (κ3) is 8.00. The van der Waals surface area contributed by atoms with Crippen molar-refractivity contribution in [3.63, 3.8) is 0 Å². The standard InChI is InChI=1S/C32H37F3N4O5/c1-20-16-39(21(2)19-40)30(41)26-6-5-7-27(37-31(42)36-24-12-10-23(11-13-24)32(33,34)35)29(26)44-28(20)18-38(3)17-22-8-14-25(43-4)15-9-22/h5-15,20-21,28,40H,16-19H2,1-4H3,(H2,36,37,42)/t20-,21-,28+/m0/s1. The van der Waals surface area contributed by atoms with Gasteiger partial charge in [0.25, 0.3) is 5.91 Å². The Labute approximate surface area is 254 Å². The van der Waals surface area contributed by atoms with Gasteiger partial charge in [-0.1, -0.05) is 25.1 Å². The smallest absolute Gasteiger partial charge is 0.416 e. The van der Waals surface area contributed by atoms with E-state index in [-0.39, 0.29) is 41.1 Å². The van der Waals surface area contributed by atoms with Crippen molar-refractivity contribution in [3.8, 4) is 11.5 Å². The summed E-state index contributed by atoms with van der Waals surface area (Å²) in [6.07, 6.45) is -4.91. The molecule has 0 saturated carbocycles. The number of nitrogens with one attached hydrogen (secondary N) is 2. The van der Waals surface area contributed by atoms with Gasteiger partial charge in [-0.15, -0.1) is 0 Å². The number of para-hydroxylation sites is 1. The summed E-state index contributed by atoms with van der Waals surface area (Å²) in [6.45, 7) is 4.94. The maximum absolute atomic E-state index is 13.7. The number of methoxy groups -OCH3 is 1. The fourth-order valence-corrected chi connectivity index (χ4v) is 5.00. The first-order chi connectivity index (χ1) is 20.9. The molecule has 3 amide bonds. The highest BCUT2D eigenvalue weighted by atomic mass is 19.4. The molecule has 12 heteroatoms. The van der Waals surface area contributed by atoms with Crippen LogP contribution in [0.5, 0.6) is 11.5 Å². The number of carbonyl (C=O) groups excluding carboxylic acids is 2. The van der Waals surface area contributed by atoms with Crippen LogP contribution in [-0.4, -0.2) is 72.8 Å². The van der Waals surface area contributed by atoms with Crippen molar-refractivity contribution in [2.45, 2.75) is 38.7 Å². The largest absolute Gasteiger partial charge is 0.497 e. The second-order valence-corrected chi connectivity index (χ2v) is 11.0. The highest BCUT2D eigenvalue weighted by Crippen LogP contribution is 2.35. The summed E-state index contributed by atoms with van der Waals surface area (Å²) in [4.78, 5) is 30.3. The number of anilines is 2. The van der Waals surface area contributed by atoms with Gasteiger partial charge in [-0.05, 0) is 68.1 Å². The number of carbonyl (C=O) groups is 2. The van der Waals surface area contributed by atoms with Gasteiger partial charge in [0, 0.05) is 31.2 Å². The molecule has 3 aromatic rings. The Bertz CT molecular complexity index is 1430. The van der Waals surface area contributed by atoms with Crippen molar-refractivity contribution in [1.29, 1.82) is 0 Å². The van der Waals surface area contributed by atoms with Gasteiger partial charge in [0.05, 0.1) is 36.6 Å². The number of likely N-dealkylation sites (N-methyl/N-ethyl adjacent to an activating group) is 1. The fourth-order valence-electron chi connectivity index (χ4n) is 5.00. The minimum atomic E-state index is -4.50. The van der Waals surface area contributed by atoms with Crippen LogP contribution in [0.3, 0.4) is 0 Å². The summed E-state index contributed by atoms with van der Waals surface area (Å²) in [5, 5.41) is 15.1. The van der Waals surface area contributed by atoms with E-state index in [9.17, 15) is 27.9 Å². The predicted molar refractivity (Wildman–Crippen MR) is 161 cm³/mol. The van der Waals surface area contributed by atoms with Crippen molar-refractivity contribution in [2.24, 2.45) is 5.92 Å². The molecule has 0 unspecified atom stereocenters. The van der Waals surface area contributed by atoms with Crippen LogP contribution in [0.2, 0.25) is 0 Å². The van der Waals surface area contributed by atoms with Gasteiger partial charge in [-0.2, -0.15) is 13.2 Å². The van der Waals surface area contributed by atoms with E-state index in [1.54, 1.807) is 37.1 Å². The van der Waals surface area contributed by atoms with Crippen LogP contribution in [0.4, 0.5) is 29.3 Å². The molecule has 1 aliphatic rings. The zero-order valence-corrected chi connectivity index (χ0v) is 25.0. The number of aliphatic hydroxyl groups is 1. The molecule has 9 nitrogen and oxygen atoms in total. The average molecular weight is 615 g/mol. The van der Waals surface area contributed by atoms with Crippen LogP contribution in [0.15, 0.2) is 66.7 Å². The Kier molecular flexibility index (Phi) is 10.4. The first-order valence-corrected chi connectivity index (χ1v) is 14.2. The summed E-state index contributed by atoms with van der Waals surface area (Å²) >= 11 is 0. The molecule has 44 heavy (non-hydrogen) atoms. The lowest BCUT2D eigenvalue weighted by Crippen LogP contribution is -2.49. The first-order valence-electron chi connectivity index (χ1n) is 14.2. The molecular formula is C32H37F3N4O5. The zero-order valence-electron chi connectivity index (χ0n) is 25.0. The van der Waals surface area contributed by atoms with Crippen LogP contribution < -0.4 is 20.1 Å². The van der Waals surface area contributed by atoms with E-state index in [4.69, 9.17) is 9.47 Å². The molecule has 0 aromatic heterocycles. The lowest BCUT2D eigenvalue weighted by molar-refractivity contribution is -0.137. The van der Waals surface area contributed by atoms with E-state index in [0.29, 0.717) is 19.6 Å². The van der Waals surface area contributed by atoms with Crippen LogP contribution in [0.1, 0.15) is 35.3 Å². The van der Waals surface area contributed by atoms with Crippen molar-refractivity contribution in [1.82, 2.24) is 9.80 Å². The van der Waals surface area contributed by atoms with Crippen LogP contribution in [0, 0.1) is 5.92 Å². The van der Waals surface area contributed by atoms with E-state index in [1.165, 1.54) is 0 Å². The number of amides is 3. The van der Waals surface area contributed by atoms with E-state index >= 15 is 0 Å². The average Bonchev–Trinajstić information content (AvgIpc) is 2.99. The molecule has 3 aromatic carbocycles. The lowest BCUT2D eigenvalue weighted by atomic mass is 9.99. The van der Waals surface area contributed by atoms with E-state index in [0.717, 1.165) is 35.6 Å². The number of hydrogen-bond acceptors (Lipinski definition) is 6. The van der Waals surface area contributed by atoms with Crippen molar-refractivity contribution in [3.05, 3.63) is 83.4 Å². The van der Waals surface area contributed by atoms with E-state index in [1.807, 2.05) is 38.2 Å². The summed E-state index contributed by atoms with van der Waals surface area (Å²) in [7, 11) is 3.57. The molecule has 0 bridgehead atoms. The Morgan fingerprint density at radius 2 is 1.80 bits per heavy atom. The molecular weight excluding hydrogens is 577 g/mol. The molecule has 0 spiro atoms. The number of halogens is 3. The summed E-state index contributed by atoms with van der Waals surface area (Å²) in [5.74, 6) is 0.415. The summed E-state index contributed by atoms with van der Waals surface area (Å²) in [6, 6.07) is 15.4. The second kappa shape index (κ2) is 14.0. The van der Waals surface area contributed by atoms with Gasteiger partial charge >= 0.3 is 12.2 Å². The van der Waals surface area contributed by atoms with E-state index in [2.05, 4.69) is 15.5 Å². The summed E-state index contributed by atoms with van der Waals surface area (Å²) < 4.78 is 50.6. The van der Waals surface area contributed by atoms with Gasteiger partial charge < -0.3 is 30.1 Å². The number of hydrogen-bond donors (Lipinski definition) is 3. The third-order valence-corrected chi connectivity index (χ3v) is 7.51. The lowest BCUT2D eigenvalue weighted by Gasteiger charge is -2.38. The zero-order chi connectivity index (χ0) is 32.0. The number of ether oxygens (including phenoxy) is 2. The van der Waals surface area contributed by atoms with Gasteiger partial charge in [-0.3, -0.25) is 9.69 Å². The summed E-state index contributed by atoms with van der Waals surface area (Å²) in [5.41, 5.74) is 0.820. The Balaban J connectivity index is 1.59. The van der Waals surface area contributed by atoms with E-state index < -0.39 is 29.9 Å². The quantitative estimate of drug-likeness (QED) is 0.285. The highest BCUT2D eigenvalue weighted by molar-refractivity contribution is 6.04. The molecule has 0 aliphatic carbocycles. The van der Waals surface area contributed by atoms with Crippen molar-refractivity contribution >= 4 is 23.3 Å². The second-order valence-electron chi connectivity index (χ2n) is 11.0. The SMILES string of the molecule is COc1ccc(CN(C)C[C@H]2Oc3c(NC(=O)Nc4ccc(C(F)(F)F)cc4)cccc3C(=O)N([C@@H](C)CO)C[C@@H]2C)cc1. The van der Waals surface area contributed by atoms with Gasteiger partial charge in [0.1, 0.15) is 11.9 Å². The topological polar surface area (TPSA) is 103 Å². The third-order valence-electron chi connectivity index (χ3n) is 7.51. The van der Waals surface area contributed by atoms with Gasteiger partial charge in [-0.25, -0.2) is 4.79 Å². The molecule has 3 atom stereocenters. The fraction of sp³-hybridized carbons (Fsp3) is 0.375. The molecule has 0 radical (unpaired) electrons. The molecule has 1 heterocycles. The predicted octanol–water partition coefficient (Wildman–Crippen LogP) is 5.71. The van der Waals surface area contributed by atoms with Gasteiger partial charge in [0.15, 0.2) is 5.75 Å². The number of urea groups is 1. The number of benzene rings is 3. The van der Waals surface area contributed by atoms with Gasteiger partial charge in [0.2, 0.25) is 0 Å². The monoisotopic (exact) mass is 614 g/mol. The Morgan fingerprint density at radius 1 is 1.11 bits per heavy atom. The number of fused-ring (bicyclic) bond motifs is 1. The minimum Gasteiger partial charge on any atom is -0.497 e. The normalized spacial score (nSPS) is 17.7. The Hall–Kier alpha value is -4.29. The molecule has 3 N–H and O–H groups in total. The van der Waals surface area contributed by atoms with Crippen LogP contribution in [-0.2, 0) is 12.7 Å². The Morgan fingerprint density at radius 3 is 2.41 bits per heavy atom. The highest BCUT2D eigenvalue weighted by Gasteiger charge is 2.35.